The van der Waals surface area contributed by atoms with E-state index in [9.17, 15) is 8.42 Å². The van der Waals surface area contributed by atoms with Crippen LogP contribution in [0.1, 0.15) is 16.1 Å². The minimum atomic E-state index is -3.20. The number of aromatic nitrogens is 1. The van der Waals surface area contributed by atoms with Gasteiger partial charge in [0.2, 0.25) is 0 Å². The van der Waals surface area contributed by atoms with E-state index < -0.39 is 9.84 Å². The number of thiazole rings is 1. The van der Waals surface area contributed by atoms with Crippen molar-refractivity contribution in [1.82, 2.24) is 4.98 Å². The number of aryl methyl sites for hydroxylation is 1. The average Bonchev–Trinajstić information content (AvgIpc) is 2.82. The standard InChI is InChI=1S/C16H15NO2S2/c1-12-6-8-13(9-7-12)10-21(18,19)11-16-17-14-4-2-3-5-15(14)20-16/h2-9H,10-11H2,1H3. The van der Waals surface area contributed by atoms with Crippen molar-refractivity contribution in [2.24, 2.45) is 0 Å². The van der Waals surface area contributed by atoms with Crippen molar-refractivity contribution in [2.75, 3.05) is 0 Å². The third-order valence-electron chi connectivity index (χ3n) is 3.19. The molecular weight excluding hydrogens is 302 g/mol. The van der Waals surface area contributed by atoms with Crippen molar-refractivity contribution in [3.05, 3.63) is 64.7 Å². The van der Waals surface area contributed by atoms with Gasteiger partial charge in [-0.15, -0.1) is 11.3 Å². The van der Waals surface area contributed by atoms with Gasteiger partial charge in [0.25, 0.3) is 0 Å². The van der Waals surface area contributed by atoms with Crippen LogP contribution in [-0.2, 0) is 21.3 Å². The highest BCUT2D eigenvalue weighted by atomic mass is 32.2. The first-order valence-corrected chi connectivity index (χ1v) is 9.26. The lowest BCUT2D eigenvalue weighted by molar-refractivity contribution is 0.594. The van der Waals surface area contributed by atoms with E-state index in [-0.39, 0.29) is 11.5 Å². The Balaban J connectivity index is 1.80. The molecule has 0 saturated carbocycles. The van der Waals surface area contributed by atoms with Gasteiger partial charge in [-0.1, -0.05) is 42.0 Å². The lowest BCUT2D eigenvalue weighted by Crippen LogP contribution is -2.07. The molecule has 0 amide bonds. The van der Waals surface area contributed by atoms with Crippen LogP contribution in [0.3, 0.4) is 0 Å². The minimum absolute atomic E-state index is 0.000221. The lowest BCUT2D eigenvalue weighted by Gasteiger charge is -2.03. The summed E-state index contributed by atoms with van der Waals surface area (Å²) in [6.45, 7) is 1.99. The van der Waals surface area contributed by atoms with Crippen molar-refractivity contribution >= 4 is 31.4 Å². The van der Waals surface area contributed by atoms with Crippen LogP contribution < -0.4 is 0 Å². The number of hydrogen-bond acceptors (Lipinski definition) is 4. The molecule has 0 bridgehead atoms. The summed E-state index contributed by atoms with van der Waals surface area (Å²) in [6.07, 6.45) is 0. The summed E-state index contributed by atoms with van der Waals surface area (Å²) < 4.78 is 25.6. The van der Waals surface area contributed by atoms with Gasteiger partial charge in [0, 0.05) is 0 Å². The molecule has 0 N–H and O–H groups in total. The summed E-state index contributed by atoms with van der Waals surface area (Å²) in [5.74, 6) is 0.0590. The van der Waals surface area contributed by atoms with Crippen LogP contribution in [-0.4, -0.2) is 13.4 Å². The van der Waals surface area contributed by atoms with Gasteiger partial charge < -0.3 is 0 Å². The average molecular weight is 317 g/mol. The maximum absolute atomic E-state index is 12.3. The summed E-state index contributed by atoms with van der Waals surface area (Å²) in [5, 5.41) is 0.656. The van der Waals surface area contributed by atoms with E-state index in [1.54, 1.807) is 0 Å². The zero-order valence-electron chi connectivity index (χ0n) is 11.6. The molecule has 21 heavy (non-hydrogen) atoms. The highest BCUT2D eigenvalue weighted by Gasteiger charge is 2.16. The zero-order valence-corrected chi connectivity index (χ0v) is 13.2. The van der Waals surface area contributed by atoms with E-state index >= 15 is 0 Å². The second-order valence-electron chi connectivity index (χ2n) is 5.09. The molecule has 108 valence electrons. The fourth-order valence-corrected chi connectivity index (χ4v) is 4.94. The smallest absolute Gasteiger partial charge is 0.160 e. The van der Waals surface area contributed by atoms with Crippen molar-refractivity contribution in [2.45, 2.75) is 18.4 Å². The maximum Gasteiger partial charge on any atom is 0.160 e. The number of nitrogens with zero attached hydrogens (tertiary/aromatic N) is 1. The Labute approximate surface area is 128 Å². The number of benzene rings is 2. The number of hydrogen-bond donors (Lipinski definition) is 0. The molecule has 3 nitrogen and oxygen atoms in total. The molecule has 2 aromatic carbocycles. The van der Waals surface area contributed by atoms with Crippen molar-refractivity contribution in [3.63, 3.8) is 0 Å². The van der Waals surface area contributed by atoms with Gasteiger partial charge in [0.05, 0.1) is 16.0 Å². The van der Waals surface area contributed by atoms with Crippen LogP contribution in [0.15, 0.2) is 48.5 Å². The SMILES string of the molecule is Cc1ccc(CS(=O)(=O)Cc2nc3ccccc3s2)cc1. The molecule has 3 rings (SSSR count). The molecule has 3 aromatic rings. The fourth-order valence-electron chi connectivity index (χ4n) is 2.16. The Kier molecular flexibility index (Phi) is 3.78. The van der Waals surface area contributed by atoms with Gasteiger partial charge in [-0.2, -0.15) is 0 Å². The number of para-hydroxylation sites is 1. The van der Waals surface area contributed by atoms with E-state index in [0.29, 0.717) is 5.01 Å². The largest absolute Gasteiger partial charge is 0.240 e. The highest BCUT2D eigenvalue weighted by Crippen LogP contribution is 2.24. The summed E-state index contributed by atoms with van der Waals surface area (Å²) in [4.78, 5) is 4.39. The van der Waals surface area contributed by atoms with E-state index in [4.69, 9.17) is 0 Å². The predicted octanol–water partition coefficient (Wildman–Crippen LogP) is 3.72. The summed E-state index contributed by atoms with van der Waals surface area (Å²) in [5.41, 5.74) is 2.81. The third-order valence-corrected chi connectivity index (χ3v) is 5.89. The first kappa shape index (κ1) is 14.2. The van der Waals surface area contributed by atoms with Crippen molar-refractivity contribution in [3.8, 4) is 0 Å². The molecule has 5 heteroatoms. The van der Waals surface area contributed by atoms with Crippen LogP contribution in [0.25, 0.3) is 10.2 Å². The van der Waals surface area contributed by atoms with E-state index in [2.05, 4.69) is 4.98 Å². The van der Waals surface area contributed by atoms with Crippen molar-refractivity contribution in [1.29, 1.82) is 0 Å². The highest BCUT2D eigenvalue weighted by molar-refractivity contribution is 7.90. The Hall–Kier alpha value is -1.72. The Morgan fingerprint density at radius 3 is 2.43 bits per heavy atom. The number of fused-ring (bicyclic) bond motifs is 1. The van der Waals surface area contributed by atoms with Gasteiger partial charge >= 0.3 is 0 Å². The third kappa shape index (κ3) is 3.49. The predicted molar refractivity (Wildman–Crippen MR) is 87.1 cm³/mol. The molecule has 1 aromatic heterocycles. The van der Waals surface area contributed by atoms with Crippen LogP contribution in [0.5, 0.6) is 0 Å². The molecular formula is C16H15NO2S2. The summed E-state index contributed by atoms with van der Waals surface area (Å²) in [6, 6.07) is 15.3. The van der Waals surface area contributed by atoms with Gasteiger partial charge in [-0.25, -0.2) is 13.4 Å². The topological polar surface area (TPSA) is 47.0 Å². The maximum atomic E-state index is 12.3. The van der Waals surface area contributed by atoms with Crippen LogP contribution >= 0.6 is 11.3 Å². The first-order valence-electron chi connectivity index (χ1n) is 6.62. The number of rotatable bonds is 4. The molecule has 0 aliphatic rings. The molecule has 0 atom stereocenters. The Bertz CT molecular complexity index is 832. The summed E-state index contributed by atoms with van der Waals surface area (Å²) >= 11 is 1.45. The fraction of sp³-hybridized carbons (Fsp3) is 0.188. The van der Waals surface area contributed by atoms with Crippen LogP contribution in [0.2, 0.25) is 0 Å². The minimum Gasteiger partial charge on any atom is -0.240 e. The molecule has 0 spiro atoms. The van der Waals surface area contributed by atoms with Crippen LogP contribution in [0, 0.1) is 6.92 Å². The number of sulfone groups is 1. The molecule has 0 saturated heterocycles. The summed E-state index contributed by atoms with van der Waals surface area (Å²) in [7, 11) is -3.20. The van der Waals surface area contributed by atoms with Gasteiger partial charge in [-0.05, 0) is 24.6 Å². The lowest BCUT2D eigenvalue weighted by atomic mass is 10.2. The van der Waals surface area contributed by atoms with E-state index in [0.717, 1.165) is 21.3 Å². The van der Waals surface area contributed by atoms with Gasteiger partial charge in [0.15, 0.2) is 9.84 Å². The molecule has 0 radical (unpaired) electrons. The first-order chi connectivity index (χ1) is 10.0. The quantitative estimate of drug-likeness (QED) is 0.737. The van der Waals surface area contributed by atoms with Crippen LogP contribution in [0.4, 0.5) is 0 Å². The molecule has 0 aliphatic carbocycles. The second-order valence-corrected chi connectivity index (χ2v) is 8.27. The normalized spacial score (nSPS) is 11.9. The Morgan fingerprint density at radius 2 is 1.71 bits per heavy atom. The van der Waals surface area contributed by atoms with Gasteiger partial charge in [0.1, 0.15) is 10.8 Å². The van der Waals surface area contributed by atoms with E-state index in [1.165, 1.54) is 11.3 Å². The van der Waals surface area contributed by atoms with Gasteiger partial charge in [-0.3, -0.25) is 0 Å². The van der Waals surface area contributed by atoms with Crippen molar-refractivity contribution < 1.29 is 8.42 Å². The monoisotopic (exact) mass is 317 g/mol. The molecule has 1 heterocycles. The molecule has 0 unspecified atom stereocenters. The molecule has 0 fully saturated rings. The Morgan fingerprint density at radius 1 is 1.00 bits per heavy atom. The second kappa shape index (κ2) is 5.58. The molecule has 0 aliphatic heterocycles. The van der Waals surface area contributed by atoms with E-state index in [1.807, 2.05) is 55.5 Å². The zero-order chi connectivity index (χ0) is 14.9.